The lowest BCUT2D eigenvalue weighted by Gasteiger charge is -2.21. The number of carbonyl (C=O) groups is 1. The van der Waals surface area contributed by atoms with Crippen LogP contribution in [0.1, 0.15) is 18.4 Å². The molecule has 1 aromatic carbocycles. The number of hydrogen-bond acceptors (Lipinski definition) is 5. The number of ether oxygens (including phenoxy) is 2. The molecule has 1 fully saturated rings. The number of fused-ring (bicyclic) bond motifs is 1. The topological polar surface area (TPSA) is 59.6 Å². The second-order valence-corrected chi connectivity index (χ2v) is 6.10. The van der Waals surface area contributed by atoms with Gasteiger partial charge in [-0.15, -0.1) is 11.8 Å². The average molecular weight is 308 g/mol. The van der Waals surface area contributed by atoms with Crippen LogP contribution in [0, 0.1) is 0 Å². The zero-order valence-corrected chi connectivity index (χ0v) is 12.9. The van der Waals surface area contributed by atoms with Crippen molar-refractivity contribution in [1.29, 1.82) is 0 Å². The van der Waals surface area contributed by atoms with Crippen molar-refractivity contribution in [2.45, 2.75) is 30.3 Å². The Labute approximate surface area is 128 Å². The molecule has 0 spiro atoms. The summed E-state index contributed by atoms with van der Waals surface area (Å²) in [5.74, 6) is 1.67. The summed E-state index contributed by atoms with van der Waals surface area (Å²) in [6.07, 6.45) is 4.27. The van der Waals surface area contributed by atoms with Gasteiger partial charge >= 0.3 is 0 Å². The molecule has 1 aromatic rings. The molecule has 0 bridgehead atoms. The van der Waals surface area contributed by atoms with Crippen LogP contribution in [0.5, 0.6) is 11.5 Å². The zero-order valence-electron chi connectivity index (χ0n) is 12.1. The van der Waals surface area contributed by atoms with E-state index in [0.29, 0.717) is 32.3 Å². The van der Waals surface area contributed by atoms with Crippen molar-refractivity contribution in [1.82, 2.24) is 10.6 Å². The molecule has 1 aliphatic heterocycles. The van der Waals surface area contributed by atoms with Gasteiger partial charge in [-0.05, 0) is 36.8 Å². The molecule has 0 atom stereocenters. The van der Waals surface area contributed by atoms with Gasteiger partial charge in [0.25, 0.3) is 0 Å². The van der Waals surface area contributed by atoms with E-state index in [2.05, 4.69) is 10.6 Å². The molecule has 6 heteroatoms. The highest BCUT2D eigenvalue weighted by atomic mass is 32.2. The molecule has 21 heavy (non-hydrogen) atoms. The summed E-state index contributed by atoms with van der Waals surface area (Å²) < 4.78 is 11.2. The van der Waals surface area contributed by atoms with Gasteiger partial charge in [0.05, 0.1) is 6.54 Å². The minimum atomic E-state index is 0.0701. The van der Waals surface area contributed by atoms with Gasteiger partial charge in [0.1, 0.15) is 13.2 Å². The fourth-order valence-corrected chi connectivity index (χ4v) is 2.88. The number of rotatable bonds is 6. The molecular formula is C15H20N2O3S. The monoisotopic (exact) mass is 308 g/mol. The van der Waals surface area contributed by atoms with Crippen molar-refractivity contribution in [2.24, 2.45) is 0 Å². The van der Waals surface area contributed by atoms with Gasteiger partial charge in [0.2, 0.25) is 5.91 Å². The van der Waals surface area contributed by atoms with Crippen LogP contribution in [0.2, 0.25) is 0 Å². The Hall–Kier alpha value is -1.40. The number of thioether (sulfide) groups is 1. The van der Waals surface area contributed by atoms with Crippen molar-refractivity contribution < 1.29 is 14.3 Å². The summed E-state index contributed by atoms with van der Waals surface area (Å²) in [6, 6.07) is 4.43. The van der Waals surface area contributed by atoms with Crippen molar-refractivity contribution >= 4 is 17.7 Å². The van der Waals surface area contributed by atoms with E-state index in [9.17, 15) is 4.79 Å². The third-order valence-electron chi connectivity index (χ3n) is 3.49. The summed E-state index contributed by atoms with van der Waals surface area (Å²) in [4.78, 5) is 12.8. The lowest BCUT2D eigenvalue weighted by Crippen LogP contribution is -2.34. The Morgan fingerprint density at radius 2 is 2.00 bits per heavy atom. The van der Waals surface area contributed by atoms with E-state index < -0.39 is 0 Å². The van der Waals surface area contributed by atoms with Crippen LogP contribution in [-0.2, 0) is 11.3 Å². The van der Waals surface area contributed by atoms with Crippen molar-refractivity contribution in [3.8, 4) is 11.5 Å². The van der Waals surface area contributed by atoms with Crippen LogP contribution in [0.15, 0.2) is 17.0 Å². The molecule has 114 valence electrons. The fourth-order valence-electron chi connectivity index (χ4n) is 2.26. The minimum Gasteiger partial charge on any atom is -0.486 e. The quantitative estimate of drug-likeness (QED) is 0.781. The Balaban J connectivity index is 1.59. The first-order chi connectivity index (χ1) is 10.3. The predicted octanol–water partition coefficient (Wildman–Crippen LogP) is 1.55. The second-order valence-electron chi connectivity index (χ2n) is 5.25. The number of carbonyl (C=O) groups excluding carboxylic acids is 1. The molecule has 0 saturated heterocycles. The SMILES string of the molecule is CSc1cc2c(cc1CNCC(=O)NC1CC1)OCCO2. The number of benzene rings is 1. The molecule has 2 aliphatic rings. The number of amides is 1. The normalized spacial score (nSPS) is 16.6. The molecule has 1 heterocycles. The fraction of sp³-hybridized carbons (Fsp3) is 0.533. The average Bonchev–Trinajstić information content (AvgIpc) is 3.30. The van der Waals surface area contributed by atoms with Crippen LogP contribution >= 0.6 is 11.8 Å². The third-order valence-corrected chi connectivity index (χ3v) is 4.31. The van der Waals surface area contributed by atoms with Crippen LogP contribution in [0.3, 0.4) is 0 Å². The highest BCUT2D eigenvalue weighted by molar-refractivity contribution is 7.98. The van der Waals surface area contributed by atoms with Gasteiger partial charge in [-0.3, -0.25) is 4.79 Å². The van der Waals surface area contributed by atoms with Gasteiger partial charge in [0.15, 0.2) is 11.5 Å². The zero-order chi connectivity index (χ0) is 14.7. The van der Waals surface area contributed by atoms with Gasteiger partial charge in [0, 0.05) is 17.5 Å². The summed E-state index contributed by atoms with van der Waals surface area (Å²) in [5.41, 5.74) is 1.13. The van der Waals surface area contributed by atoms with E-state index in [4.69, 9.17) is 9.47 Å². The Morgan fingerprint density at radius 1 is 1.29 bits per heavy atom. The molecule has 2 N–H and O–H groups in total. The molecule has 0 aromatic heterocycles. The molecule has 1 saturated carbocycles. The molecule has 1 aliphatic carbocycles. The molecule has 3 rings (SSSR count). The van der Waals surface area contributed by atoms with E-state index in [1.807, 2.05) is 18.4 Å². The largest absolute Gasteiger partial charge is 0.486 e. The highest BCUT2D eigenvalue weighted by Crippen LogP contribution is 2.36. The number of hydrogen-bond donors (Lipinski definition) is 2. The molecule has 1 amide bonds. The van der Waals surface area contributed by atoms with E-state index in [1.54, 1.807) is 11.8 Å². The maximum absolute atomic E-state index is 11.6. The molecule has 0 unspecified atom stereocenters. The Kier molecular flexibility index (Phi) is 4.55. The Bertz CT molecular complexity index is 532. The number of nitrogens with one attached hydrogen (secondary N) is 2. The predicted molar refractivity (Wildman–Crippen MR) is 82.1 cm³/mol. The third kappa shape index (κ3) is 3.83. The van der Waals surface area contributed by atoms with Crippen LogP contribution in [0.4, 0.5) is 0 Å². The van der Waals surface area contributed by atoms with E-state index >= 15 is 0 Å². The maximum Gasteiger partial charge on any atom is 0.234 e. The first kappa shape index (κ1) is 14.5. The minimum absolute atomic E-state index is 0.0701. The summed E-state index contributed by atoms with van der Waals surface area (Å²) in [6.45, 7) is 2.17. The van der Waals surface area contributed by atoms with Gasteiger partial charge < -0.3 is 20.1 Å². The van der Waals surface area contributed by atoms with Crippen LogP contribution in [0.25, 0.3) is 0 Å². The van der Waals surface area contributed by atoms with Crippen molar-refractivity contribution in [2.75, 3.05) is 26.0 Å². The Morgan fingerprint density at radius 3 is 2.67 bits per heavy atom. The van der Waals surface area contributed by atoms with Crippen LogP contribution in [-0.4, -0.2) is 38.0 Å². The second kappa shape index (κ2) is 6.58. The van der Waals surface area contributed by atoms with E-state index in [-0.39, 0.29) is 5.91 Å². The lowest BCUT2D eigenvalue weighted by molar-refractivity contribution is -0.120. The van der Waals surface area contributed by atoms with Gasteiger partial charge in [-0.1, -0.05) is 0 Å². The van der Waals surface area contributed by atoms with Gasteiger partial charge in [-0.2, -0.15) is 0 Å². The van der Waals surface area contributed by atoms with Crippen molar-refractivity contribution in [3.63, 3.8) is 0 Å². The van der Waals surface area contributed by atoms with Gasteiger partial charge in [-0.25, -0.2) is 0 Å². The molecular weight excluding hydrogens is 288 g/mol. The summed E-state index contributed by atoms with van der Waals surface area (Å²) >= 11 is 1.67. The van der Waals surface area contributed by atoms with Crippen molar-refractivity contribution in [3.05, 3.63) is 17.7 Å². The first-order valence-corrected chi connectivity index (χ1v) is 8.45. The molecule has 5 nitrogen and oxygen atoms in total. The maximum atomic E-state index is 11.6. The highest BCUT2D eigenvalue weighted by Gasteiger charge is 2.23. The van der Waals surface area contributed by atoms with E-state index in [1.165, 1.54) is 0 Å². The summed E-state index contributed by atoms with van der Waals surface area (Å²) in [5, 5.41) is 6.16. The summed E-state index contributed by atoms with van der Waals surface area (Å²) in [7, 11) is 0. The van der Waals surface area contributed by atoms with Crippen LogP contribution < -0.4 is 20.1 Å². The van der Waals surface area contributed by atoms with E-state index in [0.717, 1.165) is 34.8 Å². The molecule has 0 radical (unpaired) electrons. The smallest absolute Gasteiger partial charge is 0.234 e. The standard InChI is InChI=1S/C15H20N2O3S/c1-21-14-7-13-12(19-4-5-20-13)6-10(14)8-16-9-15(18)17-11-2-3-11/h6-7,11,16H,2-5,8-9H2,1H3,(H,17,18). The lowest BCUT2D eigenvalue weighted by atomic mass is 10.2. The first-order valence-electron chi connectivity index (χ1n) is 7.23.